The van der Waals surface area contributed by atoms with E-state index in [-0.39, 0.29) is 6.04 Å². The van der Waals surface area contributed by atoms with Crippen LogP contribution in [0, 0.1) is 0 Å². The molecule has 0 fully saturated rings. The van der Waals surface area contributed by atoms with Gasteiger partial charge in [0.1, 0.15) is 0 Å². The number of nitrogens with zero attached hydrogens (tertiary/aromatic N) is 3. The van der Waals surface area contributed by atoms with Crippen LogP contribution in [0.1, 0.15) is 17.3 Å². The third-order valence-corrected chi connectivity index (χ3v) is 3.81. The molecule has 0 spiro atoms. The molecular weight excluding hydrogens is 328 g/mol. The van der Waals surface area contributed by atoms with E-state index in [9.17, 15) is 0 Å². The minimum absolute atomic E-state index is 0.109. The maximum atomic E-state index is 4.71. The van der Waals surface area contributed by atoms with E-state index in [4.69, 9.17) is 4.98 Å². The van der Waals surface area contributed by atoms with Crippen LogP contribution in [0.15, 0.2) is 53.4 Å². The van der Waals surface area contributed by atoms with Crippen molar-refractivity contribution in [3.8, 4) is 0 Å². The number of para-hydroxylation sites is 2. The Morgan fingerprint density at radius 3 is 2.71 bits per heavy atom. The summed E-state index contributed by atoms with van der Waals surface area (Å²) in [4.78, 5) is 13.4. The first-order valence-corrected chi connectivity index (χ1v) is 7.54. The lowest BCUT2D eigenvalue weighted by atomic mass is 10.1. The predicted octanol–water partition coefficient (Wildman–Crippen LogP) is 3.29. The summed E-state index contributed by atoms with van der Waals surface area (Å²) in [6.07, 6.45) is 6.32. The quantitative estimate of drug-likeness (QED) is 0.790. The van der Waals surface area contributed by atoms with Gasteiger partial charge in [-0.05, 0) is 53.2 Å². The van der Waals surface area contributed by atoms with Crippen LogP contribution in [0.25, 0.3) is 11.0 Å². The SMILES string of the molecule is CNC(Cc1cncc(Br)c1)c1cnc2ccccc2n1. The topological polar surface area (TPSA) is 50.7 Å². The van der Waals surface area contributed by atoms with E-state index in [1.165, 1.54) is 0 Å². The molecule has 0 radical (unpaired) electrons. The first kappa shape index (κ1) is 14.1. The average molecular weight is 343 g/mol. The molecule has 0 bridgehead atoms. The molecule has 106 valence electrons. The van der Waals surface area contributed by atoms with Gasteiger partial charge in [0.2, 0.25) is 0 Å². The Morgan fingerprint density at radius 1 is 1.14 bits per heavy atom. The summed E-state index contributed by atoms with van der Waals surface area (Å²) in [7, 11) is 1.94. The van der Waals surface area contributed by atoms with Gasteiger partial charge in [0.05, 0.1) is 29.0 Å². The Balaban J connectivity index is 1.90. The molecule has 4 nitrogen and oxygen atoms in total. The van der Waals surface area contributed by atoms with Gasteiger partial charge in [0, 0.05) is 16.9 Å². The van der Waals surface area contributed by atoms with Crippen LogP contribution < -0.4 is 5.32 Å². The van der Waals surface area contributed by atoms with Crippen LogP contribution in [0.3, 0.4) is 0 Å². The maximum absolute atomic E-state index is 4.71. The average Bonchev–Trinajstić information content (AvgIpc) is 2.52. The summed E-state index contributed by atoms with van der Waals surface area (Å²) in [5, 5.41) is 3.31. The Labute approximate surface area is 131 Å². The number of rotatable bonds is 4. The van der Waals surface area contributed by atoms with E-state index in [0.717, 1.165) is 33.2 Å². The Kier molecular flexibility index (Phi) is 4.22. The van der Waals surface area contributed by atoms with Crippen LogP contribution >= 0.6 is 15.9 Å². The Bertz CT molecular complexity index is 760. The van der Waals surface area contributed by atoms with Crippen molar-refractivity contribution >= 4 is 27.0 Å². The number of benzene rings is 1. The van der Waals surface area contributed by atoms with E-state index < -0.39 is 0 Å². The fourth-order valence-corrected chi connectivity index (χ4v) is 2.71. The van der Waals surface area contributed by atoms with Crippen molar-refractivity contribution in [2.45, 2.75) is 12.5 Å². The summed E-state index contributed by atoms with van der Waals surface area (Å²) in [5.41, 5.74) is 3.93. The minimum atomic E-state index is 0.109. The first-order chi connectivity index (χ1) is 10.3. The standard InChI is InChI=1S/C16H15BrN4/c1-18-15(7-11-6-12(17)9-19-8-11)16-10-20-13-4-2-3-5-14(13)21-16/h2-6,8-10,15,18H,7H2,1H3. The van der Waals surface area contributed by atoms with Gasteiger partial charge in [-0.2, -0.15) is 0 Å². The molecule has 0 saturated carbocycles. The van der Waals surface area contributed by atoms with Gasteiger partial charge in [0.25, 0.3) is 0 Å². The lowest BCUT2D eigenvalue weighted by molar-refractivity contribution is 0.575. The zero-order valence-corrected chi connectivity index (χ0v) is 13.2. The Hall–Kier alpha value is -1.85. The van der Waals surface area contributed by atoms with E-state index in [1.54, 1.807) is 6.20 Å². The van der Waals surface area contributed by atoms with Gasteiger partial charge in [-0.3, -0.25) is 9.97 Å². The van der Waals surface area contributed by atoms with Crippen LogP contribution in [-0.2, 0) is 6.42 Å². The summed E-state index contributed by atoms with van der Waals surface area (Å²) in [6.45, 7) is 0. The number of likely N-dealkylation sites (N-methyl/N-ethyl adjacent to an activating group) is 1. The highest BCUT2D eigenvalue weighted by atomic mass is 79.9. The van der Waals surface area contributed by atoms with E-state index in [0.29, 0.717) is 0 Å². The van der Waals surface area contributed by atoms with Crippen molar-refractivity contribution < 1.29 is 0 Å². The second-order valence-corrected chi connectivity index (χ2v) is 5.76. The van der Waals surface area contributed by atoms with Gasteiger partial charge < -0.3 is 5.32 Å². The normalized spacial score (nSPS) is 12.5. The van der Waals surface area contributed by atoms with Crippen LogP contribution in [0.4, 0.5) is 0 Å². The fourth-order valence-electron chi connectivity index (χ4n) is 2.30. The van der Waals surface area contributed by atoms with Gasteiger partial charge in [-0.1, -0.05) is 12.1 Å². The van der Waals surface area contributed by atoms with Gasteiger partial charge >= 0.3 is 0 Å². The monoisotopic (exact) mass is 342 g/mol. The summed E-state index contributed by atoms with van der Waals surface area (Å²) >= 11 is 3.45. The number of halogens is 1. The lowest BCUT2D eigenvalue weighted by Gasteiger charge is -2.16. The molecule has 1 atom stereocenters. The van der Waals surface area contributed by atoms with Crippen molar-refractivity contribution in [3.05, 3.63) is 64.7 Å². The molecule has 2 heterocycles. The second-order valence-electron chi connectivity index (χ2n) is 4.84. The Morgan fingerprint density at radius 2 is 1.95 bits per heavy atom. The van der Waals surface area contributed by atoms with Gasteiger partial charge in [0.15, 0.2) is 0 Å². The predicted molar refractivity (Wildman–Crippen MR) is 87.0 cm³/mol. The highest BCUT2D eigenvalue weighted by Gasteiger charge is 2.13. The first-order valence-electron chi connectivity index (χ1n) is 6.74. The van der Waals surface area contributed by atoms with E-state index in [1.807, 2.05) is 43.7 Å². The molecule has 3 rings (SSSR count). The number of pyridine rings is 1. The fraction of sp³-hybridized carbons (Fsp3) is 0.188. The molecule has 2 aromatic heterocycles. The molecule has 0 aliphatic carbocycles. The molecule has 0 aliphatic rings. The van der Waals surface area contributed by atoms with Gasteiger partial charge in [-0.15, -0.1) is 0 Å². The van der Waals surface area contributed by atoms with Crippen LogP contribution in [0.2, 0.25) is 0 Å². The zero-order chi connectivity index (χ0) is 14.7. The van der Waals surface area contributed by atoms with Crippen LogP contribution in [-0.4, -0.2) is 22.0 Å². The molecule has 1 unspecified atom stereocenters. The lowest BCUT2D eigenvalue weighted by Crippen LogP contribution is -2.20. The molecule has 3 aromatic rings. The second kappa shape index (κ2) is 6.28. The number of nitrogens with one attached hydrogen (secondary N) is 1. The maximum Gasteiger partial charge on any atom is 0.0890 e. The zero-order valence-electron chi connectivity index (χ0n) is 11.6. The van der Waals surface area contributed by atoms with Crippen molar-refractivity contribution in [3.63, 3.8) is 0 Å². The molecule has 0 amide bonds. The number of hydrogen-bond acceptors (Lipinski definition) is 4. The third-order valence-electron chi connectivity index (χ3n) is 3.37. The third kappa shape index (κ3) is 3.25. The smallest absolute Gasteiger partial charge is 0.0890 e. The molecule has 5 heteroatoms. The largest absolute Gasteiger partial charge is 0.311 e. The number of fused-ring (bicyclic) bond motifs is 1. The molecule has 1 aromatic carbocycles. The van der Waals surface area contributed by atoms with Crippen molar-refractivity contribution in [2.75, 3.05) is 7.05 Å². The van der Waals surface area contributed by atoms with Crippen molar-refractivity contribution in [1.29, 1.82) is 0 Å². The molecular formula is C16H15BrN4. The summed E-state index contributed by atoms with van der Waals surface area (Å²) in [5.74, 6) is 0. The molecule has 1 N–H and O–H groups in total. The molecule has 21 heavy (non-hydrogen) atoms. The number of aromatic nitrogens is 3. The highest BCUT2D eigenvalue weighted by molar-refractivity contribution is 9.10. The van der Waals surface area contributed by atoms with Crippen molar-refractivity contribution in [1.82, 2.24) is 20.3 Å². The highest BCUT2D eigenvalue weighted by Crippen LogP contribution is 2.19. The van der Waals surface area contributed by atoms with Gasteiger partial charge in [-0.25, -0.2) is 4.98 Å². The van der Waals surface area contributed by atoms with E-state index >= 15 is 0 Å². The van der Waals surface area contributed by atoms with E-state index in [2.05, 4.69) is 37.3 Å². The molecule has 0 saturated heterocycles. The summed E-state index contributed by atoms with van der Waals surface area (Å²) < 4.78 is 0.986. The number of hydrogen-bond donors (Lipinski definition) is 1. The van der Waals surface area contributed by atoms with Crippen molar-refractivity contribution in [2.24, 2.45) is 0 Å². The van der Waals surface area contributed by atoms with Crippen LogP contribution in [0.5, 0.6) is 0 Å². The summed E-state index contributed by atoms with van der Waals surface area (Å²) in [6, 6.07) is 10.1. The molecule has 0 aliphatic heterocycles. The minimum Gasteiger partial charge on any atom is -0.311 e.